The van der Waals surface area contributed by atoms with E-state index in [0.717, 1.165) is 52.2 Å². The number of nitrogens with zero attached hydrogens (tertiary/aromatic N) is 7. The van der Waals surface area contributed by atoms with Gasteiger partial charge in [-0.1, -0.05) is 18.2 Å². The molecule has 2 aromatic carbocycles. The van der Waals surface area contributed by atoms with Gasteiger partial charge in [0.25, 0.3) is 5.91 Å². The molecule has 2 N–H and O–H groups in total. The fourth-order valence-corrected chi connectivity index (χ4v) is 7.45. The first-order valence-corrected chi connectivity index (χ1v) is 17.2. The van der Waals surface area contributed by atoms with Gasteiger partial charge in [-0.15, -0.1) is 0 Å². The van der Waals surface area contributed by atoms with Gasteiger partial charge in [-0.05, 0) is 70.0 Å². The molecule has 2 aromatic heterocycles. The summed E-state index contributed by atoms with van der Waals surface area (Å²) in [7, 11) is 0. The third kappa shape index (κ3) is 6.44. The zero-order valence-corrected chi connectivity index (χ0v) is 28.8. The lowest BCUT2D eigenvalue weighted by molar-refractivity contribution is -0.142. The van der Waals surface area contributed by atoms with Crippen molar-refractivity contribution in [1.82, 2.24) is 29.5 Å². The molecule has 0 saturated carbocycles. The van der Waals surface area contributed by atoms with Crippen molar-refractivity contribution in [2.75, 3.05) is 58.2 Å². The zero-order valence-electron chi connectivity index (χ0n) is 28.8. The Morgan fingerprint density at radius 2 is 1.86 bits per heavy atom. The summed E-state index contributed by atoms with van der Waals surface area (Å²) in [6.45, 7) is 12.3. The number of ether oxygens (including phenoxy) is 2. The highest BCUT2D eigenvalue weighted by Gasteiger charge is 2.42. The van der Waals surface area contributed by atoms with Crippen LogP contribution in [0.1, 0.15) is 39.7 Å². The van der Waals surface area contributed by atoms with Crippen LogP contribution in [0.5, 0.6) is 11.5 Å². The van der Waals surface area contributed by atoms with Gasteiger partial charge < -0.3 is 20.1 Å². The maximum absolute atomic E-state index is 15.7. The third-order valence-electron chi connectivity index (χ3n) is 10.4. The van der Waals surface area contributed by atoms with Crippen molar-refractivity contribution in [2.24, 2.45) is 0 Å². The van der Waals surface area contributed by atoms with Gasteiger partial charge in [-0.3, -0.25) is 19.3 Å². The second-order valence-corrected chi connectivity index (χ2v) is 14.3. The van der Waals surface area contributed by atoms with Crippen LogP contribution in [0, 0.1) is 17.1 Å². The maximum atomic E-state index is 15.7. The van der Waals surface area contributed by atoms with Crippen molar-refractivity contribution in [2.45, 2.75) is 50.7 Å². The van der Waals surface area contributed by atoms with Crippen molar-refractivity contribution in [3.63, 3.8) is 0 Å². The summed E-state index contributed by atoms with van der Waals surface area (Å²) in [5.41, 5.74) is 7.48. The number of piperidine rings is 1. The molecule has 0 unspecified atom stereocenters. The van der Waals surface area contributed by atoms with E-state index >= 15 is 4.39 Å². The lowest BCUT2D eigenvalue weighted by atomic mass is 9.94. The van der Waals surface area contributed by atoms with Gasteiger partial charge in [-0.25, -0.2) is 9.37 Å². The van der Waals surface area contributed by atoms with Gasteiger partial charge in [-0.2, -0.15) is 10.4 Å². The van der Waals surface area contributed by atoms with E-state index in [2.05, 4.69) is 41.6 Å². The fourth-order valence-electron chi connectivity index (χ4n) is 7.45. The summed E-state index contributed by atoms with van der Waals surface area (Å²) in [6, 6.07) is 17.7. The van der Waals surface area contributed by atoms with E-state index in [4.69, 9.17) is 20.3 Å². The number of carbonyl (C=O) groups excluding carboxylic acids is 1. The molecule has 50 heavy (non-hydrogen) atoms. The Hall–Kier alpha value is -4.83. The van der Waals surface area contributed by atoms with Crippen LogP contribution in [0.15, 0.2) is 72.4 Å². The number of nitrogens with two attached hydrogens (primary N) is 1. The summed E-state index contributed by atoms with van der Waals surface area (Å²) >= 11 is 0. The number of hydrogen-bond acceptors (Lipinski definition) is 9. The molecule has 4 aromatic rings. The SMILES string of the molecule is CC(C)(/C=C(/C#N)C(=O)N1CCC[C@@H](n2nc(-c3ccc(Oc4ccccc4)cc3F)c3c(N)nccc32)C1)N1CCN(C2(C)COC2)CC1. The highest BCUT2D eigenvalue weighted by Crippen LogP contribution is 2.37. The van der Waals surface area contributed by atoms with E-state index < -0.39 is 11.4 Å². The number of halogens is 1. The van der Waals surface area contributed by atoms with Crippen LogP contribution in [0.2, 0.25) is 0 Å². The standard InChI is InChI=1S/C38H43FN8O3/c1-37(2,45-16-18-46(19-17-45)38(3)24-49-25-38)21-26(22-40)36(48)44-15-7-8-27(23-44)47-32-13-14-42-35(41)33(32)34(43-47)30-12-11-29(20-31(30)39)50-28-9-5-4-6-10-28/h4-6,9-14,20-21,27H,7-8,15-19,23-25H2,1-3H3,(H2,41,42)/b26-21-/t27-/m1/s1. The average Bonchev–Trinajstić information content (AvgIpc) is 3.50. The number of amides is 1. The lowest BCUT2D eigenvalue weighted by Crippen LogP contribution is -2.66. The molecule has 5 heterocycles. The Morgan fingerprint density at radius 3 is 2.54 bits per heavy atom. The van der Waals surface area contributed by atoms with E-state index in [1.54, 1.807) is 35.4 Å². The van der Waals surface area contributed by atoms with Crippen LogP contribution in [-0.2, 0) is 9.53 Å². The van der Waals surface area contributed by atoms with E-state index in [0.29, 0.717) is 41.2 Å². The molecule has 11 nitrogen and oxygen atoms in total. The van der Waals surface area contributed by atoms with E-state index in [1.165, 1.54) is 6.07 Å². The number of fused-ring (bicyclic) bond motifs is 1. The monoisotopic (exact) mass is 678 g/mol. The minimum absolute atomic E-state index is 0.101. The predicted molar refractivity (Wildman–Crippen MR) is 189 cm³/mol. The number of carbonyl (C=O) groups is 1. The Balaban J connectivity index is 1.11. The van der Waals surface area contributed by atoms with Crippen molar-refractivity contribution < 1.29 is 18.7 Å². The molecule has 3 aliphatic rings. The molecule has 7 rings (SSSR count). The summed E-state index contributed by atoms with van der Waals surface area (Å²) in [5, 5.41) is 15.7. The first kappa shape index (κ1) is 33.7. The van der Waals surface area contributed by atoms with E-state index in [1.807, 2.05) is 35.0 Å². The van der Waals surface area contributed by atoms with Gasteiger partial charge in [0.15, 0.2) is 0 Å². The first-order chi connectivity index (χ1) is 24.1. The summed E-state index contributed by atoms with van der Waals surface area (Å²) in [4.78, 5) is 24.8. The molecule has 3 fully saturated rings. The first-order valence-electron chi connectivity index (χ1n) is 17.2. The normalized spacial score (nSPS) is 20.3. The topological polar surface area (TPSA) is 126 Å². The fraction of sp³-hybridized carbons (Fsp3) is 0.421. The van der Waals surface area contributed by atoms with Gasteiger partial charge in [0.2, 0.25) is 0 Å². The van der Waals surface area contributed by atoms with Crippen LogP contribution < -0.4 is 10.5 Å². The second kappa shape index (κ2) is 13.5. The molecule has 3 aliphatic heterocycles. The minimum Gasteiger partial charge on any atom is -0.457 e. The van der Waals surface area contributed by atoms with Gasteiger partial charge in [0, 0.05) is 62.6 Å². The molecule has 1 atom stereocenters. The third-order valence-corrected chi connectivity index (χ3v) is 10.4. The number of nitriles is 1. The van der Waals surface area contributed by atoms with Crippen LogP contribution in [-0.4, -0.2) is 98.9 Å². The number of piperazine rings is 1. The number of nitrogen functional groups attached to an aromatic ring is 1. The molecule has 12 heteroatoms. The molecule has 0 aliphatic carbocycles. The Kier molecular flexibility index (Phi) is 9.07. The second-order valence-electron chi connectivity index (χ2n) is 14.3. The number of aromatic nitrogens is 3. The summed E-state index contributed by atoms with van der Waals surface area (Å²) < 4.78 is 28.9. The smallest absolute Gasteiger partial charge is 0.264 e. The van der Waals surface area contributed by atoms with Crippen LogP contribution in [0.4, 0.5) is 10.2 Å². The minimum atomic E-state index is -0.507. The number of likely N-dealkylation sites (tertiary alicyclic amines) is 1. The summed E-state index contributed by atoms with van der Waals surface area (Å²) in [6.07, 6.45) is 4.90. The molecule has 1 amide bonds. The zero-order chi connectivity index (χ0) is 35.0. The molecule has 3 saturated heterocycles. The van der Waals surface area contributed by atoms with Crippen molar-refractivity contribution in [3.8, 4) is 28.8 Å². The predicted octanol–water partition coefficient (Wildman–Crippen LogP) is 5.41. The van der Waals surface area contributed by atoms with Crippen LogP contribution in [0.25, 0.3) is 22.2 Å². The molecule has 0 bridgehead atoms. The number of benzene rings is 2. The quantitative estimate of drug-likeness (QED) is 0.192. The molecular formula is C38H43FN8O3. The number of anilines is 1. The van der Waals surface area contributed by atoms with Gasteiger partial charge in [0.05, 0.1) is 35.7 Å². The summed E-state index contributed by atoms with van der Waals surface area (Å²) in [5.74, 6) is 0.404. The van der Waals surface area contributed by atoms with Crippen LogP contribution >= 0.6 is 0 Å². The van der Waals surface area contributed by atoms with E-state index in [9.17, 15) is 10.1 Å². The van der Waals surface area contributed by atoms with Gasteiger partial charge >= 0.3 is 0 Å². The maximum Gasteiger partial charge on any atom is 0.264 e. The molecule has 0 radical (unpaired) electrons. The average molecular weight is 679 g/mol. The lowest BCUT2D eigenvalue weighted by Gasteiger charge is -2.52. The van der Waals surface area contributed by atoms with Gasteiger partial charge in [0.1, 0.15) is 40.5 Å². The Bertz CT molecular complexity index is 1960. The van der Waals surface area contributed by atoms with Crippen molar-refractivity contribution in [3.05, 3.63) is 78.3 Å². The number of rotatable bonds is 8. The molecule has 0 spiro atoms. The molecule has 260 valence electrons. The van der Waals surface area contributed by atoms with Crippen molar-refractivity contribution in [1.29, 1.82) is 5.26 Å². The highest BCUT2D eigenvalue weighted by molar-refractivity contribution is 6.00. The Morgan fingerprint density at radius 1 is 1.10 bits per heavy atom. The number of para-hydroxylation sites is 1. The van der Waals surface area contributed by atoms with Crippen molar-refractivity contribution >= 4 is 22.6 Å². The number of hydrogen-bond donors (Lipinski definition) is 1. The largest absolute Gasteiger partial charge is 0.457 e. The molecular weight excluding hydrogens is 635 g/mol. The highest BCUT2D eigenvalue weighted by atomic mass is 19.1. The van der Waals surface area contributed by atoms with Crippen LogP contribution in [0.3, 0.4) is 0 Å². The Labute approximate surface area is 291 Å². The van der Waals surface area contributed by atoms with E-state index in [-0.39, 0.29) is 34.4 Å². The number of pyridine rings is 1.